The van der Waals surface area contributed by atoms with Crippen LogP contribution in [0.4, 0.5) is 15.8 Å². The summed E-state index contributed by atoms with van der Waals surface area (Å²) in [5, 5.41) is 0. The van der Waals surface area contributed by atoms with Crippen LogP contribution in [0, 0.1) is 5.82 Å². The molecule has 2 rings (SSSR count). The molecule has 0 amide bonds. The molecule has 1 fully saturated rings. The van der Waals surface area contributed by atoms with E-state index in [1.165, 1.54) is 6.07 Å². The molecule has 0 spiro atoms. The summed E-state index contributed by atoms with van der Waals surface area (Å²) >= 11 is 0. The summed E-state index contributed by atoms with van der Waals surface area (Å²) in [5.41, 5.74) is 7.20. The summed E-state index contributed by atoms with van der Waals surface area (Å²) in [7, 11) is 0. The van der Waals surface area contributed by atoms with Gasteiger partial charge >= 0.3 is 0 Å². The van der Waals surface area contributed by atoms with Gasteiger partial charge in [0.15, 0.2) is 11.6 Å². The van der Waals surface area contributed by atoms with Crippen LogP contribution < -0.4 is 15.4 Å². The van der Waals surface area contributed by atoms with Crippen LogP contribution in [0.5, 0.6) is 5.75 Å². The Kier molecular flexibility index (Phi) is 4.38. The lowest BCUT2D eigenvalue weighted by Gasteiger charge is -2.37. The number of hydrogen-bond acceptors (Lipinski definition) is 4. The number of anilines is 2. The molecule has 0 bridgehead atoms. The van der Waals surface area contributed by atoms with E-state index in [9.17, 15) is 4.39 Å². The molecule has 1 heterocycles. The number of morpholine rings is 1. The van der Waals surface area contributed by atoms with Crippen molar-refractivity contribution in [1.82, 2.24) is 0 Å². The first kappa shape index (κ1) is 14.9. The minimum Gasteiger partial charge on any atom is -0.488 e. The zero-order valence-corrected chi connectivity index (χ0v) is 12.5. The molecule has 2 atom stereocenters. The number of rotatable bonds is 3. The van der Waals surface area contributed by atoms with Gasteiger partial charge in [-0.05, 0) is 27.7 Å². The highest BCUT2D eigenvalue weighted by molar-refractivity contribution is 5.70. The van der Waals surface area contributed by atoms with Gasteiger partial charge in [-0.15, -0.1) is 0 Å². The quantitative estimate of drug-likeness (QED) is 0.866. The zero-order chi connectivity index (χ0) is 14.9. The lowest BCUT2D eigenvalue weighted by molar-refractivity contribution is -0.00519. The minimum atomic E-state index is -0.422. The van der Waals surface area contributed by atoms with Crippen molar-refractivity contribution >= 4 is 11.4 Å². The number of halogens is 1. The fourth-order valence-electron chi connectivity index (χ4n) is 2.55. The Morgan fingerprint density at radius 2 is 1.90 bits per heavy atom. The molecule has 4 nitrogen and oxygen atoms in total. The van der Waals surface area contributed by atoms with E-state index < -0.39 is 5.82 Å². The Balaban J connectivity index is 2.30. The van der Waals surface area contributed by atoms with Crippen molar-refractivity contribution in [3.8, 4) is 5.75 Å². The van der Waals surface area contributed by atoms with Crippen LogP contribution in [-0.2, 0) is 4.74 Å². The van der Waals surface area contributed by atoms with Gasteiger partial charge in [-0.25, -0.2) is 4.39 Å². The van der Waals surface area contributed by atoms with Crippen LogP contribution >= 0.6 is 0 Å². The molecule has 0 saturated carbocycles. The van der Waals surface area contributed by atoms with E-state index in [0.29, 0.717) is 5.69 Å². The summed E-state index contributed by atoms with van der Waals surface area (Å²) in [6.45, 7) is 9.26. The molecule has 1 aromatic rings. The molecule has 1 saturated heterocycles. The second kappa shape index (κ2) is 5.87. The number of nitrogen functional groups attached to an aromatic ring is 1. The minimum absolute atomic E-state index is 0.0801. The molecule has 0 unspecified atom stereocenters. The van der Waals surface area contributed by atoms with E-state index in [-0.39, 0.29) is 24.1 Å². The standard InChI is InChI=1S/C15H23FN2O2/c1-9(2)19-15-6-14(13(17)5-12(15)16)18-7-10(3)20-11(4)8-18/h5-6,9-11H,7-8,17H2,1-4H3/t10-,11+. The van der Waals surface area contributed by atoms with Gasteiger partial charge in [-0.1, -0.05) is 0 Å². The third-order valence-corrected chi connectivity index (χ3v) is 3.20. The number of hydrogen-bond donors (Lipinski definition) is 1. The van der Waals surface area contributed by atoms with Crippen LogP contribution in [-0.4, -0.2) is 31.4 Å². The third-order valence-electron chi connectivity index (χ3n) is 3.20. The van der Waals surface area contributed by atoms with Crippen LogP contribution in [0.25, 0.3) is 0 Å². The van der Waals surface area contributed by atoms with Gasteiger partial charge < -0.3 is 20.1 Å². The van der Waals surface area contributed by atoms with E-state index in [4.69, 9.17) is 15.2 Å². The van der Waals surface area contributed by atoms with Gasteiger partial charge in [0.25, 0.3) is 0 Å². The fourth-order valence-corrected chi connectivity index (χ4v) is 2.55. The van der Waals surface area contributed by atoms with Crippen LogP contribution in [0.2, 0.25) is 0 Å². The Bertz CT molecular complexity index is 469. The largest absolute Gasteiger partial charge is 0.488 e. The molecule has 1 aliphatic heterocycles. The van der Waals surface area contributed by atoms with E-state index in [1.807, 2.05) is 27.7 Å². The Morgan fingerprint density at radius 3 is 2.45 bits per heavy atom. The predicted octanol–water partition coefficient (Wildman–Crippen LogP) is 2.81. The number of nitrogens with zero attached hydrogens (tertiary/aromatic N) is 1. The van der Waals surface area contributed by atoms with Crippen molar-refractivity contribution in [1.29, 1.82) is 0 Å². The molecule has 5 heteroatoms. The maximum Gasteiger partial charge on any atom is 0.167 e. The fraction of sp³-hybridized carbons (Fsp3) is 0.600. The smallest absolute Gasteiger partial charge is 0.167 e. The second-order valence-corrected chi connectivity index (χ2v) is 5.67. The molecule has 112 valence electrons. The van der Waals surface area contributed by atoms with Gasteiger partial charge in [-0.3, -0.25) is 0 Å². The SMILES string of the molecule is CC(C)Oc1cc(N2C[C@@H](C)O[C@@H](C)C2)c(N)cc1F. The van der Waals surface area contributed by atoms with Crippen molar-refractivity contribution in [3.63, 3.8) is 0 Å². The third kappa shape index (κ3) is 3.33. The van der Waals surface area contributed by atoms with E-state index in [1.54, 1.807) is 6.07 Å². The van der Waals surface area contributed by atoms with Crippen molar-refractivity contribution in [2.24, 2.45) is 0 Å². The highest BCUT2D eigenvalue weighted by Crippen LogP contribution is 2.33. The van der Waals surface area contributed by atoms with Crippen molar-refractivity contribution in [2.75, 3.05) is 23.7 Å². The first-order valence-corrected chi connectivity index (χ1v) is 7.03. The van der Waals surface area contributed by atoms with Crippen LogP contribution in [0.1, 0.15) is 27.7 Å². The predicted molar refractivity (Wildman–Crippen MR) is 78.8 cm³/mol. The van der Waals surface area contributed by atoms with E-state index in [0.717, 1.165) is 18.8 Å². The average Bonchev–Trinajstić information content (AvgIpc) is 2.30. The highest BCUT2D eigenvalue weighted by Gasteiger charge is 2.25. The molecule has 0 aliphatic carbocycles. The van der Waals surface area contributed by atoms with Crippen molar-refractivity contribution in [2.45, 2.75) is 46.0 Å². The van der Waals surface area contributed by atoms with Gasteiger partial charge in [0.2, 0.25) is 0 Å². The number of nitrogens with two attached hydrogens (primary N) is 1. The van der Waals surface area contributed by atoms with E-state index >= 15 is 0 Å². The molecule has 0 radical (unpaired) electrons. The summed E-state index contributed by atoms with van der Waals surface area (Å²) in [6, 6.07) is 3.02. The Labute approximate surface area is 119 Å². The average molecular weight is 282 g/mol. The molecular formula is C15H23FN2O2. The first-order valence-electron chi connectivity index (χ1n) is 7.03. The summed E-state index contributed by atoms with van der Waals surface area (Å²) in [6.07, 6.45) is 0.166. The molecule has 0 aromatic heterocycles. The summed E-state index contributed by atoms with van der Waals surface area (Å²) in [5.74, 6) is -0.176. The lowest BCUT2D eigenvalue weighted by Crippen LogP contribution is -2.45. The van der Waals surface area contributed by atoms with Gasteiger partial charge in [0, 0.05) is 25.2 Å². The Morgan fingerprint density at radius 1 is 1.30 bits per heavy atom. The van der Waals surface area contributed by atoms with Gasteiger partial charge in [0.1, 0.15) is 0 Å². The molecule has 1 aromatic carbocycles. The molecular weight excluding hydrogens is 259 g/mol. The maximum absolute atomic E-state index is 13.9. The summed E-state index contributed by atoms with van der Waals surface area (Å²) < 4.78 is 25.1. The number of benzene rings is 1. The molecule has 2 N–H and O–H groups in total. The highest BCUT2D eigenvalue weighted by atomic mass is 19.1. The van der Waals surface area contributed by atoms with Crippen molar-refractivity contribution in [3.05, 3.63) is 17.9 Å². The van der Waals surface area contributed by atoms with Crippen LogP contribution in [0.3, 0.4) is 0 Å². The summed E-state index contributed by atoms with van der Waals surface area (Å²) in [4.78, 5) is 2.13. The molecule has 1 aliphatic rings. The van der Waals surface area contributed by atoms with Crippen molar-refractivity contribution < 1.29 is 13.9 Å². The monoisotopic (exact) mass is 282 g/mol. The first-order chi connectivity index (χ1) is 9.36. The normalized spacial score (nSPS) is 23.2. The Hall–Kier alpha value is -1.49. The van der Waals surface area contributed by atoms with Crippen LogP contribution in [0.15, 0.2) is 12.1 Å². The second-order valence-electron chi connectivity index (χ2n) is 5.67. The molecule has 20 heavy (non-hydrogen) atoms. The number of ether oxygens (including phenoxy) is 2. The van der Waals surface area contributed by atoms with E-state index in [2.05, 4.69) is 4.90 Å². The lowest BCUT2D eigenvalue weighted by atomic mass is 10.1. The van der Waals surface area contributed by atoms with Gasteiger partial charge in [0.05, 0.1) is 29.7 Å². The topological polar surface area (TPSA) is 47.7 Å². The maximum atomic E-state index is 13.9. The zero-order valence-electron chi connectivity index (χ0n) is 12.5. The van der Waals surface area contributed by atoms with Gasteiger partial charge in [-0.2, -0.15) is 0 Å².